The molecule has 0 amide bonds. The number of rotatable bonds is 6. The van der Waals surface area contributed by atoms with Crippen molar-refractivity contribution in [1.82, 2.24) is 10.3 Å². The molecule has 0 spiro atoms. The highest BCUT2D eigenvalue weighted by Crippen LogP contribution is 2.05. The summed E-state index contributed by atoms with van der Waals surface area (Å²) in [4.78, 5) is 4.35. The molecule has 0 radical (unpaired) electrons. The monoisotopic (exact) mass is 224 g/mol. The van der Waals surface area contributed by atoms with Crippen LogP contribution in [-0.2, 0) is 6.54 Å². The van der Waals surface area contributed by atoms with Crippen LogP contribution >= 0.6 is 11.8 Å². The van der Waals surface area contributed by atoms with Gasteiger partial charge in [0, 0.05) is 12.7 Å². The number of aryl methyl sites for hydroxylation is 1. The van der Waals surface area contributed by atoms with E-state index in [1.165, 1.54) is 11.3 Å². The molecule has 0 aliphatic heterocycles. The number of hydrogen-bond acceptors (Lipinski definition) is 3. The van der Waals surface area contributed by atoms with Crippen molar-refractivity contribution in [2.24, 2.45) is 5.92 Å². The molecule has 84 valence electrons. The Morgan fingerprint density at radius 3 is 3.00 bits per heavy atom. The van der Waals surface area contributed by atoms with Gasteiger partial charge in [-0.1, -0.05) is 13.0 Å². The maximum atomic E-state index is 4.35. The van der Waals surface area contributed by atoms with E-state index in [4.69, 9.17) is 0 Å². The Hall–Kier alpha value is -0.540. The minimum atomic E-state index is 0.726. The van der Waals surface area contributed by atoms with Gasteiger partial charge >= 0.3 is 0 Å². The van der Waals surface area contributed by atoms with E-state index in [1.54, 1.807) is 0 Å². The van der Waals surface area contributed by atoms with Gasteiger partial charge in [-0.3, -0.25) is 4.98 Å². The Balaban J connectivity index is 2.29. The lowest BCUT2D eigenvalue weighted by Gasteiger charge is -2.11. The van der Waals surface area contributed by atoms with Gasteiger partial charge in [0.05, 0.1) is 5.69 Å². The third-order valence-corrected chi connectivity index (χ3v) is 3.26. The summed E-state index contributed by atoms with van der Waals surface area (Å²) in [5.74, 6) is 1.94. The molecule has 3 heteroatoms. The lowest BCUT2D eigenvalue weighted by atomic mass is 10.2. The van der Waals surface area contributed by atoms with Crippen LogP contribution in [0.15, 0.2) is 18.3 Å². The lowest BCUT2D eigenvalue weighted by molar-refractivity contribution is 0.554. The molecular formula is C12H20N2S. The van der Waals surface area contributed by atoms with Gasteiger partial charge in [0.25, 0.3) is 0 Å². The van der Waals surface area contributed by atoms with Gasteiger partial charge < -0.3 is 5.32 Å². The largest absolute Gasteiger partial charge is 0.311 e. The summed E-state index contributed by atoms with van der Waals surface area (Å²) < 4.78 is 0. The van der Waals surface area contributed by atoms with Crippen LogP contribution < -0.4 is 5.32 Å². The van der Waals surface area contributed by atoms with E-state index in [0.717, 1.165) is 24.7 Å². The fourth-order valence-electron chi connectivity index (χ4n) is 1.48. The van der Waals surface area contributed by atoms with Crippen LogP contribution in [0, 0.1) is 12.8 Å². The Labute approximate surface area is 96.9 Å². The number of nitrogens with zero attached hydrogens (tertiary/aromatic N) is 1. The van der Waals surface area contributed by atoms with E-state index in [0.29, 0.717) is 0 Å². The molecule has 1 unspecified atom stereocenters. The molecule has 1 N–H and O–H groups in total. The summed E-state index contributed by atoms with van der Waals surface area (Å²) >= 11 is 1.90. The summed E-state index contributed by atoms with van der Waals surface area (Å²) in [7, 11) is 0. The highest BCUT2D eigenvalue weighted by molar-refractivity contribution is 7.98. The molecule has 0 aliphatic carbocycles. The third-order valence-electron chi connectivity index (χ3n) is 2.35. The summed E-state index contributed by atoms with van der Waals surface area (Å²) in [6.07, 6.45) is 4.01. The third kappa shape index (κ3) is 4.67. The van der Waals surface area contributed by atoms with Crippen LogP contribution in [0.5, 0.6) is 0 Å². The van der Waals surface area contributed by atoms with Crippen LogP contribution in [0.1, 0.15) is 18.2 Å². The smallest absolute Gasteiger partial charge is 0.0570 e. The first-order valence-corrected chi connectivity index (χ1v) is 6.73. The maximum absolute atomic E-state index is 4.35. The molecule has 0 aliphatic rings. The second-order valence-corrected chi connectivity index (χ2v) is 4.87. The van der Waals surface area contributed by atoms with Crippen molar-refractivity contribution in [2.45, 2.75) is 20.4 Å². The molecule has 0 saturated heterocycles. The van der Waals surface area contributed by atoms with E-state index in [2.05, 4.69) is 36.5 Å². The second-order valence-electron chi connectivity index (χ2n) is 3.96. The summed E-state index contributed by atoms with van der Waals surface area (Å²) in [5.41, 5.74) is 2.43. The van der Waals surface area contributed by atoms with Crippen LogP contribution in [0.2, 0.25) is 0 Å². The van der Waals surface area contributed by atoms with Crippen molar-refractivity contribution in [3.8, 4) is 0 Å². The van der Waals surface area contributed by atoms with Crippen molar-refractivity contribution in [3.05, 3.63) is 29.6 Å². The Morgan fingerprint density at radius 1 is 1.53 bits per heavy atom. The summed E-state index contributed by atoms with van der Waals surface area (Å²) in [6.45, 7) is 6.33. The van der Waals surface area contributed by atoms with E-state index in [9.17, 15) is 0 Å². The lowest BCUT2D eigenvalue weighted by Crippen LogP contribution is -2.22. The van der Waals surface area contributed by atoms with Gasteiger partial charge in [-0.15, -0.1) is 0 Å². The molecule has 1 atom stereocenters. The molecule has 0 saturated carbocycles. The quantitative estimate of drug-likeness (QED) is 0.803. The van der Waals surface area contributed by atoms with Crippen molar-refractivity contribution in [1.29, 1.82) is 0 Å². The van der Waals surface area contributed by atoms with Gasteiger partial charge in [-0.05, 0) is 43.0 Å². The second kappa shape index (κ2) is 6.85. The fraction of sp³-hybridized carbons (Fsp3) is 0.583. The zero-order valence-electron chi connectivity index (χ0n) is 9.79. The zero-order valence-corrected chi connectivity index (χ0v) is 10.6. The molecule has 0 fully saturated rings. The first kappa shape index (κ1) is 12.5. The van der Waals surface area contributed by atoms with E-state index < -0.39 is 0 Å². The Kier molecular flexibility index (Phi) is 5.73. The van der Waals surface area contributed by atoms with Crippen LogP contribution in [0.3, 0.4) is 0 Å². The number of nitrogens with one attached hydrogen (secondary N) is 1. The molecule has 1 rings (SSSR count). The average Bonchev–Trinajstić information content (AvgIpc) is 2.21. The van der Waals surface area contributed by atoms with E-state index in [1.807, 2.05) is 24.0 Å². The highest BCUT2D eigenvalue weighted by atomic mass is 32.2. The van der Waals surface area contributed by atoms with Crippen LogP contribution in [0.4, 0.5) is 0 Å². The Morgan fingerprint density at radius 2 is 2.33 bits per heavy atom. The van der Waals surface area contributed by atoms with Gasteiger partial charge in [-0.25, -0.2) is 0 Å². The SMILES string of the molecule is CSCC(C)CNCc1ncccc1C. The van der Waals surface area contributed by atoms with Crippen molar-refractivity contribution >= 4 is 11.8 Å². The fourth-order valence-corrected chi connectivity index (χ4v) is 2.17. The van der Waals surface area contributed by atoms with Gasteiger partial charge in [0.2, 0.25) is 0 Å². The minimum absolute atomic E-state index is 0.726. The topological polar surface area (TPSA) is 24.9 Å². The van der Waals surface area contributed by atoms with Crippen LogP contribution in [-0.4, -0.2) is 23.5 Å². The predicted octanol–water partition coefficient (Wildman–Crippen LogP) is 2.48. The number of aromatic nitrogens is 1. The highest BCUT2D eigenvalue weighted by Gasteiger charge is 2.02. The molecular weight excluding hydrogens is 204 g/mol. The molecule has 15 heavy (non-hydrogen) atoms. The number of pyridine rings is 1. The first-order chi connectivity index (χ1) is 7.24. The molecule has 0 bridgehead atoms. The minimum Gasteiger partial charge on any atom is -0.311 e. The average molecular weight is 224 g/mol. The van der Waals surface area contributed by atoms with Gasteiger partial charge in [0.15, 0.2) is 0 Å². The van der Waals surface area contributed by atoms with Gasteiger partial charge in [0.1, 0.15) is 0 Å². The summed E-state index contributed by atoms with van der Waals surface area (Å²) in [5, 5.41) is 3.45. The first-order valence-electron chi connectivity index (χ1n) is 5.34. The maximum Gasteiger partial charge on any atom is 0.0570 e. The van der Waals surface area contributed by atoms with E-state index >= 15 is 0 Å². The summed E-state index contributed by atoms with van der Waals surface area (Å²) in [6, 6.07) is 4.09. The predicted molar refractivity (Wildman–Crippen MR) is 68.2 cm³/mol. The number of thioether (sulfide) groups is 1. The zero-order chi connectivity index (χ0) is 11.1. The van der Waals surface area contributed by atoms with Gasteiger partial charge in [-0.2, -0.15) is 11.8 Å². The van der Waals surface area contributed by atoms with Crippen molar-refractivity contribution < 1.29 is 0 Å². The molecule has 0 aromatic carbocycles. The standard InChI is InChI=1S/C12H20N2S/c1-10(9-15-3)7-13-8-12-11(2)5-4-6-14-12/h4-6,10,13H,7-9H2,1-3H3. The molecule has 1 heterocycles. The molecule has 2 nitrogen and oxygen atoms in total. The Bertz CT molecular complexity index is 289. The van der Waals surface area contributed by atoms with Crippen molar-refractivity contribution in [2.75, 3.05) is 18.6 Å². The number of hydrogen-bond donors (Lipinski definition) is 1. The van der Waals surface area contributed by atoms with Crippen LogP contribution in [0.25, 0.3) is 0 Å². The normalized spacial score (nSPS) is 12.7. The van der Waals surface area contributed by atoms with E-state index in [-0.39, 0.29) is 0 Å². The van der Waals surface area contributed by atoms with Crippen molar-refractivity contribution in [3.63, 3.8) is 0 Å². The molecule has 1 aromatic rings. The molecule has 1 aromatic heterocycles.